The zero-order valence-electron chi connectivity index (χ0n) is 17.7. The summed E-state index contributed by atoms with van der Waals surface area (Å²) in [6.07, 6.45) is 3.22. The van der Waals surface area contributed by atoms with E-state index in [4.69, 9.17) is 9.15 Å². The highest BCUT2D eigenvalue weighted by molar-refractivity contribution is 5.95. The van der Waals surface area contributed by atoms with Crippen LogP contribution in [0, 0.1) is 12.8 Å². The number of amides is 2. The Kier molecular flexibility index (Phi) is 5.97. The molecule has 7 nitrogen and oxygen atoms in total. The maximum Gasteiger partial charge on any atom is 0.257 e. The van der Waals surface area contributed by atoms with E-state index in [1.807, 2.05) is 23.1 Å². The smallest absolute Gasteiger partial charge is 0.257 e. The molecule has 2 saturated heterocycles. The molecule has 2 fully saturated rings. The van der Waals surface area contributed by atoms with Gasteiger partial charge in [0.25, 0.3) is 5.91 Å². The van der Waals surface area contributed by atoms with Crippen molar-refractivity contribution in [3.8, 4) is 5.75 Å². The first-order chi connectivity index (χ1) is 14.6. The highest BCUT2D eigenvalue weighted by Crippen LogP contribution is 2.29. The zero-order chi connectivity index (χ0) is 21.1. The molecule has 1 aromatic heterocycles. The molecule has 4 rings (SSSR count). The van der Waals surface area contributed by atoms with E-state index in [-0.39, 0.29) is 17.7 Å². The minimum atomic E-state index is -0.132. The summed E-state index contributed by atoms with van der Waals surface area (Å²) < 4.78 is 10.7. The third-order valence-electron chi connectivity index (χ3n) is 6.16. The van der Waals surface area contributed by atoms with Crippen LogP contribution in [0.1, 0.15) is 29.0 Å². The van der Waals surface area contributed by atoms with E-state index in [0.29, 0.717) is 37.5 Å². The van der Waals surface area contributed by atoms with Crippen molar-refractivity contribution >= 4 is 17.5 Å². The van der Waals surface area contributed by atoms with Crippen LogP contribution in [-0.2, 0) is 4.79 Å². The SMILES string of the molecule is COc1ccccc1N1CCN(C(=O)[C@@H]2CCCN(C(=O)c3ccoc3C)C2)CC1. The second kappa shape index (κ2) is 8.81. The molecule has 1 aromatic carbocycles. The summed E-state index contributed by atoms with van der Waals surface area (Å²) in [6.45, 7) is 5.88. The van der Waals surface area contributed by atoms with Gasteiger partial charge in [-0.2, -0.15) is 0 Å². The Hall–Kier alpha value is -2.96. The van der Waals surface area contributed by atoms with Crippen molar-refractivity contribution in [3.05, 3.63) is 47.9 Å². The molecule has 2 amide bonds. The average Bonchev–Trinajstić information content (AvgIpc) is 3.24. The summed E-state index contributed by atoms with van der Waals surface area (Å²) in [5, 5.41) is 0. The van der Waals surface area contributed by atoms with E-state index in [1.54, 1.807) is 25.0 Å². The largest absolute Gasteiger partial charge is 0.495 e. The van der Waals surface area contributed by atoms with Crippen molar-refractivity contribution in [2.24, 2.45) is 5.92 Å². The van der Waals surface area contributed by atoms with Crippen LogP contribution in [0.2, 0.25) is 0 Å². The second-order valence-electron chi connectivity index (χ2n) is 7.96. The molecule has 2 aliphatic rings. The number of carbonyl (C=O) groups excluding carboxylic acids is 2. The number of furan rings is 1. The quantitative estimate of drug-likeness (QED) is 0.774. The minimum Gasteiger partial charge on any atom is -0.495 e. The number of likely N-dealkylation sites (tertiary alicyclic amines) is 1. The molecular weight excluding hydrogens is 382 g/mol. The lowest BCUT2D eigenvalue weighted by atomic mass is 9.95. The molecule has 1 atom stereocenters. The lowest BCUT2D eigenvalue weighted by molar-refractivity contribution is -0.137. The Morgan fingerprint density at radius 1 is 1.03 bits per heavy atom. The third kappa shape index (κ3) is 4.01. The molecule has 2 aliphatic heterocycles. The normalized spacial score (nSPS) is 19.7. The molecule has 30 heavy (non-hydrogen) atoms. The van der Waals surface area contributed by atoms with Crippen LogP contribution < -0.4 is 9.64 Å². The first-order valence-electron chi connectivity index (χ1n) is 10.6. The molecule has 0 saturated carbocycles. The van der Waals surface area contributed by atoms with Crippen molar-refractivity contribution in [1.82, 2.24) is 9.80 Å². The van der Waals surface area contributed by atoms with Crippen molar-refractivity contribution < 1.29 is 18.7 Å². The fourth-order valence-electron chi connectivity index (χ4n) is 4.46. The van der Waals surface area contributed by atoms with Crippen LogP contribution in [0.4, 0.5) is 5.69 Å². The van der Waals surface area contributed by atoms with Crippen molar-refractivity contribution in [1.29, 1.82) is 0 Å². The van der Waals surface area contributed by atoms with Gasteiger partial charge in [0, 0.05) is 39.3 Å². The standard InChI is InChI=1S/C23H29N3O4/c1-17-19(9-15-30-17)23(28)26-10-5-6-18(16-26)22(27)25-13-11-24(12-14-25)20-7-3-4-8-21(20)29-2/h3-4,7-9,15,18H,5-6,10-14,16H2,1-2H3/t18-/m1/s1. The Bertz CT molecular complexity index is 901. The number of ether oxygens (including phenoxy) is 1. The van der Waals surface area contributed by atoms with Gasteiger partial charge in [-0.25, -0.2) is 0 Å². The van der Waals surface area contributed by atoms with E-state index >= 15 is 0 Å². The van der Waals surface area contributed by atoms with Crippen LogP contribution in [0.25, 0.3) is 0 Å². The fourth-order valence-corrected chi connectivity index (χ4v) is 4.46. The van der Waals surface area contributed by atoms with Crippen molar-refractivity contribution in [2.45, 2.75) is 19.8 Å². The highest BCUT2D eigenvalue weighted by atomic mass is 16.5. The van der Waals surface area contributed by atoms with Gasteiger partial charge >= 0.3 is 0 Å². The van der Waals surface area contributed by atoms with Crippen molar-refractivity contribution in [3.63, 3.8) is 0 Å². The molecule has 160 valence electrons. The topological polar surface area (TPSA) is 66.2 Å². The molecule has 3 heterocycles. The number of methoxy groups -OCH3 is 1. The maximum absolute atomic E-state index is 13.2. The maximum atomic E-state index is 13.2. The van der Waals surface area contributed by atoms with Gasteiger partial charge in [0.05, 0.1) is 30.5 Å². The Balaban J connectivity index is 1.36. The van der Waals surface area contributed by atoms with Gasteiger partial charge in [-0.1, -0.05) is 12.1 Å². The lowest BCUT2D eigenvalue weighted by Gasteiger charge is -2.40. The van der Waals surface area contributed by atoms with Gasteiger partial charge in [0.15, 0.2) is 0 Å². The van der Waals surface area contributed by atoms with Crippen LogP contribution in [0.3, 0.4) is 0 Å². The zero-order valence-corrected chi connectivity index (χ0v) is 17.7. The number of carbonyl (C=O) groups is 2. The minimum absolute atomic E-state index is 0.0419. The number of para-hydroxylation sites is 2. The lowest BCUT2D eigenvalue weighted by Crippen LogP contribution is -2.53. The number of benzene rings is 1. The second-order valence-corrected chi connectivity index (χ2v) is 7.96. The number of piperidine rings is 1. The predicted molar refractivity (Wildman–Crippen MR) is 114 cm³/mol. The first kappa shape index (κ1) is 20.3. The Labute approximate surface area is 177 Å². The first-order valence-corrected chi connectivity index (χ1v) is 10.6. The summed E-state index contributed by atoms with van der Waals surface area (Å²) in [5.41, 5.74) is 1.66. The number of hydrogen-bond acceptors (Lipinski definition) is 5. The molecule has 0 aliphatic carbocycles. The van der Waals surface area contributed by atoms with Gasteiger partial charge in [-0.05, 0) is 38.0 Å². The van der Waals surface area contributed by atoms with Gasteiger partial charge < -0.3 is 23.9 Å². The number of piperazine rings is 1. The van der Waals surface area contributed by atoms with Crippen LogP contribution in [-0.4, -0.2) is 68.0 Å². The number of aryl methyl sites for hydroxylation is 1. The van der Waals surface area contributed by atoms with Crippen LogP contribution in [0.15, 0.2) is 41.0 Å². The van der Waals surface area contributed by atoms with E-state index < -0.39 is 0 Å². The van der Waals surface area contributed by atoms with E-state index in [2.05, 4.69) is 11.0 Å². The molecule has 0 bridgehead atoms. The van der Waals surface area contributed by atoms with E-state index in [1.165, 1.54) is 6.26 Å². The average molecular weight is 412 g/mol. The summed E-state index contributed by atoms with van der Waals surface area (Å²) in [6, 6.07) is 9.69. The van der Waals surface area contributed by atoms with Gasteiger partial charge in [-0.3, -0.25) is 9.59 Å². The third-order valence-corrected chi connectivity index (χ3v) is 6.16. The molecule has 7 heteroatoms. The monoisotopic (exact) mass is 411 g/mol. The summed E-state index contributed by atoms with van der Waals surface area (Å²) in [5.74, 6) is 1.47. The Morgan fingerprint density at radius 3 is 2.50 bits per heavy atom. The molecular formula is C23H29N3O4. The van der Waals surface area contributed by atoms with Gasteiger partial charge in [-0.15, -0.1) is 0 Å². The molecule has 0 unspecified atom stereocenters. The fraction of sp³-hybridized carbons (Fsp3) is 0.478. The summed E-state index contributed by atoms with van der Waals surface area (Å²) in [7, 11) is 1.68. The van der Waals surface area contributed by atoms with E-state index in [9.17, 15) is 9.59 Å². The molecule has 2 aromatic rings. The number of rotatable bonds is 4. The van der Waals surface area contributed by atoms with Gasteiger partial charge in [0.2, 0.25) is 5.91 Å². The Morgan fingerprint density at radius 2 is 1.80 bits per heavy atom. The van der Waals surface area contributed by atoms with Crippen molar-refractivity contribution in [2.75, 3.05) is 51.3 Å². The summed E-state index contributed by atoms with van der Waals surface area (Å²) >= 11 is 0. The highest BCUT2D eigenvalue weighted by Gasteiger charge is 2.33. The number of nitrogens with zero attached hydrogens (tertiary/aromatic N) is 3. The van der Waals surface area contributed by atoms with E-state index in [0.717, 1.165) is 37.4 Å². The van der Waals surface area contributed by atoms with Crippen LogP contribution in [0.5, 0.6) is 5.75 Å². The summed E-state index contributed by atoms with van der Waals surface area (Å²) in [4.78, 5) is 32.0. The number of anilines is 1. The molecule has 0 radical (unpaired) electrons. The van der Waals surface area contributed by atoms with Crippen LogP contribution >= 0.6 is 0 Å². The molecule has 0 spiro atoms. The van der Waals surface area contributed by atoms with Gasteiger partial charge in [0.1, 0.15) is 11.5 Å². The predicted octanol–water partition coefficient (Wildman–Crippen LogP) is 2.80. The molecule has 0 N–H and O–H groups in total. The number of hydrogen-bond donors (Lipinski definition) is 0.